The van der Waals surface area contributed by atoms with E-state index in [-0.39, 0.29) is 24.0 Å². The fourth-order valence-electron chi connectivity index (χ4n) is 3.36. The van der Waals surface area contributed by atoms with Crippen LogP contribution in [0.4, 0.5) is 0 Å². The summed E-state index contributed by atoms with van der Waals surface area (Å²) in [6.07, 6.45) is 5.57. The number of likely N-dealkylation sites (tertiary alicyclic amines) is 1. The number of halogens is 1. The molecule has 1 fully saturated rings. The fourth-order valence-corrected chi connectivity index (χ4v) is 3.36. The molecule has 7 heteroatoms. The van der Waals surface area contributed by atoms with E-state index in [1.165, 1.54) is 38.9 Å². The molecule has 0 aliphatic carbocycles. The quantitative estimate of drug-likeness (QED) is 0.378. The Hall–Kier alpha value is -1.61. The third-order valence-corrected chi connectivity index (χ3v) is 4.79. The Labute approximate surface area is 179 Å². The summed E-state index contributed by atoms with van der Waals surface area (Å²) in [5, 5.41) is 11.6. The SMILES string of the molecule is CCCN1CCC(NC(=NC)NCc2ccn(-c3ccccc3)n2)CC1.I. The summed E-state index contributed by atoms with van der Waals surface area (Å²) in [5.41, 5.74) is 2.06. The van der Waals surface area contributed by atoms with E-state index in [4.69, 9.17) is 0 Å². The van der Waals surface area contributed by atoms with E-state index in [1.807, 2.05) is 42.2 Å². The molecule has 148 valence electrons. The number of hydrogen-bond donors (Lipinski definition) is 2. The molecule has 27 heavy (non-hydrogen) atoms. The van der Waals surface area contributed by atoms with Gasteiger partial charge in [0, 0.05) is 32.4 Å². The van der Waals surface area contributed by atoms with Crippen LogP contribution in [0.15, 0.2) is 47.6 Å². The standard InChI is InChI=1S/C20H30N6.HI/c1-3-12-25-13-9-17(10-14-25)23-20(21-2)22-16-18-11-15-26(24-18)19-7-5-4-6-8-19;/h4-8,11,15,17H,3,9-10,12-14,16H2,1-2H3,(H2,21,22,23);1H. The monoisotopic (exact) mass is 482 g/mol. The van der Waals surface area contributed by atoms with Gasteiger partial charge in [0.05, 0.1) is 17.9 Å². The van der Waals surface area contributed by atoms with Crippen molar-refractivity contribution < 1.29 is 0 Å². The van der Waals surface area contributed by atoms with Crippen LogP contribution in [0.3, 0.4) is 0 Å². The molecule has 2 aromatic rings. The summed E-state index contributed by atoms with van der Waals surface area (Å²) < 4.78 is 1.90. The zero-order chi connectivity index (χ0) is 18.2. The van der Waals surface area contributed by atoms with Gasteiger partial charge in [0.25, 0.3) is 0 Å². The summed E-state index contributed by atoms with van der Waals surface area (Å²) in [6, 6.07) is 12.7. The van der Waals surface area contributed by atoms with Crippen molar-refractivity contribution >= 4 is 29.9 Å². The first-order valence-corrected chi connectivity index (χ1v) is 9.58. The zero-order valence-electron chi connectivity index (χ0n) is 16.3. The van der Waals surface area contributed by atoms with Gasteiger partial charge in [0.1, 0.15) is 0 Å². The van der Waals surface area contributed by atoms with Crippen molar-refractivity contribution in [2.24, 2.45) is 4.99 Å². The van der Waals surface area contributed by atoms with Crippen molar-refractivity contribution in [1.29, 1.82) is 0 Å². The molecule has 0 amide bonds. The Kier molecular flexibility index (Phi) is 9.06. The average molecular weight is 482 g/mol. The largest absolute Gasteiger partial charge is 0.354 e. The van der Waals surface area contributed by atoms with Crippen LogP contribution in [0.5, 0.6) is 0 Å². The normalized spacial score (nSPS) is 16.0. The van der Waals surface area contributed by atoms with Crippen LogP contribution in [-0.2, 0) is 6.54 Å². The smallest absolute Gasteiger partial charge is 0.191 e. The molecule has 0 radical (unpaired) electrons. The van der Waals surface area contributed by atoms with Crippen molar-refractivity contribution in [3.63, 3.8) is 0 Å². The van der Waals surface area contributed by atoms with E-state index in [2.05, 4.69) is 44.7 Å². The van der Waals surface area contributed by atoms with E-state index >= 15 is 0 Å². The molecule has 2 N–H and O–H groups in total. The molecular formula is C20H31IN6. The molecule has 0 bridgehead atoms. The number of nitrogens with one attached hydrogen (secondary N) is 2. The topological polar surface area (TPSA) is 57.5 Å². The van der Waals surface area contributed by atoms with E-state index in [0.29, 0.717) is 12.6 Å². The Bertz CT molecular complexity index is 692. The van der Waals surface area contributed by atoms with Crippen LogP contribution < -0.4 is 10.6 Å². The minimum absolute atomic E-state index is 0. The summed E-state index contributed by atoms with van der Waals surface area (Å²) in [4.78, 5) is 6.91. The summed E-state index contributed by atoms with van der Waals surface area (Å²) in [6.45, 7) is 6.46. The van der Waals surface area contributed by atoms with Gasteiger partial charge in [-0.3, -0.25) is 4.99 Å². The highest BCUT2D eigenvalue weighted by Gasteiger charge is 2.19. The van der Waals surface area contributed by atoms with Gasteiger partial charge in [0.15, 0.2) is 5.96 Å². The number of guanidine groups is 1. The van der Waals surface area contributed by atoms with Gasteiger partial charge in [-0.2, -0.15) is 5.10 Å². The number of aliphatic imine (C=N–C) groups is 1. The number of nitrogens with zero attached hydrogens (tertiary/aromatic N) is 4. The van der Waals surface area contributed by atoms with Gasteiger partial charge in [-0.15, -0.1) is 24.0 Å². The molecule has 6 nitrogen and oxygen atoms in total. The van der Waals surface area contributed by atoms with Crippen LogP contribution in [-0.4, -0.2) is 53.4 Å². The van der Waals surface area contributed by atoms with Crippen LogP contribution >= 0.6 is 24.0 Å². The maximum absolute atomic E-state index is 4.63. The molecule has 1 aromatic heterocycles. The van der Waals surface area contributed by atoms with Crippen molar-refractivity contribution in [2.75, 3.05) is 26.7 Å². The molecule has 3 rings (SSSR count). The van der Waals surface area contributed by atoms with Crippen LogP contribution in [0.2, 0.25) is 0 Å². The van der Waals surface area contributed by atoms with Gasteiger partial charge in [-0.1, -0.05) is 25.1 Å². The highest BCUT2D eigenvalue weighted by atomic mass is 127. The number of rotatable bonds is 6. The van der Waals surface area contributed by atoms with Gasteiger partial charge < -0.3 is 15.5 Å². The summed E-state index contributed by atoms with van der Waals surface area (Å²) >= 11 is 0. The molecule has 0 atom stereocenters. The molecule has 2 heterocycles. The number of piperidine rings is 1. The van der Waals surface area contributed by atoms with Gasteiger partial charge in [0.2, 0.25) is 0 Å². The fraction of sp³-hybridized carbons (Fsp3) is 0.500. The van der Waals surface area contributed by atoms with Crippen molar-refractivity contribution in [3.8, 4) is 5.69 Å². The lowest BCUT2D eigenvalue weighted by Gasteiger charge is -2.32. The highest BCUT2D eigenvalue weighted by Crippen LogP contribution is 2.10. The summed E-state index contributed by atoms with van der Waals surface area (Å²) in [5.74, 6) is 0.855. The Morgan fingerprint density at radius 1 is 1.19 bits per heavy atom. The third kappa shape index (κ3) is 6.49. The molecule has 0 spiro atoms. The van der Waals surface area contributed by atoms with E-state index < -0.39 is 0 Å². The van der Waals surface area contributed by atoms with Gasteiger partial charge in [-0.05, 0) is 44.0 Å². The predicted octanol–water partition coefficient (Wildman–Crippen LogP) is 3.03. The van der Waals surface area contributed by atoms with Gasteiger partial charge >= 0.3 is 0 Å². The number of benzene rings is 1. The van der Waals surface area contributed by atoms with E-state index in [9.17, 15) is 0 Å². The Balaban J connectivity index is 0.00000261. The first kappa shape index (κ1) is 21.7. The lowest BCUT2D eigenvalue weighted by Crippen LogP contribution is -2.48. The van der Waals surface area contributed by atoms with Gasteiger partial charge in [-0.25, -0.2) is 4.68 Å². The lowest BCUT2D eigenvalue weighted by molar-refractivity contribution is 0.206. The second-order valence-corrected chi connectivity index (χ2v) is 6.77. The molecule has 0 saturated carbocycles. The zero-order valence-corrected chi connectivity index (χ0v) is 18.6. The molecule has 0 unspecified atom stereocenters. The first-order valence-electron chi connectivity index (χ1n) is 9.58. The minimum atomic E-state index is 0. The minimum Gasteiger partial charge on any atom is -0.354 e. The number of para-hydroxylation sites is 1. The van der Waals surface area contributed by atoms with Crippen molar-refractivity contribution in [2.45, 2.75) is 38.8 Å². The van der Waals surface area contributed by atoms with Crippen molar-refractivity contribution in [3.05, 3.63) is 48.3 Å². The van der Waals surface area contributed by atoms with Crippen LogP contribution in [0.25, 0.3) is 5.69 Å². The third-order valence-electron chi connectivity index (χ3n) is 4.79. The lowest BCUT2D eigenvalue weighted by atomic mass is 10.1. The molecule has 1 aromatic carbocycles. The predicted molar refractivity (Wildman–Crippen MR) is 122 cm³/mol. The van der Waals surface area contributed by atoms with E-state index in [1.54, 1.807) is 0 Å². The molecule has 1 aliphatic heterocycles. The molecule has 1 aliphatic rings. The second-order valence-electron chi connectivity index (χ2n) is 6.77. The van der Waals surface area contributed by atoms with E-state index in [0.717, 1.165) is 17.3 Å². The first-order chi connectivity index (χ1) is 12.8. The molecular weight excluding hydrogens is 451 g/mol. The average Bonchev–Trinajstić information content (AvgIpc) is 3.16. The Morgan fingerprint density at radius 3 is 2.59 bits per heavy atom. The second kappa shape index (κ2) is 11.3. The number of aromatic nitrogens is 2. The summed E-state index contributed by atoms with van der Waals surface area (Å²) in [7, 11) is 1.82. The molecule has 1 saturated heterocycles. The maximum Gasteiger partial charge on any atom is 0.191 e. The Morgan fingerprint density at radius 2 is 1.93 bits per heavy atom. The highest BCUT2D eigenvalue weighted by molar-refractivity contribution is 14.0. The number of hydrogen-bond acceptors (Lipinski definition) is 3. The maximum atomic E-state index is 4.63. The van der Waals surface area contributed by atoms with Crippen molar-refractivity contribution in [1.82, 2.24) is 25.3 Å². The van der Waals surface area contributed by atoms with Crippen LogP contribution in [0.1, 0.15) is 31.9 Å². The van der Waals surface area contributed by atoms with Crippen LogP contribution in [0, 0.1) is 0 Å².